The molecular weight excluding hydrogens is 360 g/mol. The van der Waals surface area contributed by atoms with Gasteiger partial charge in [0.15, 0.2) is 6.61 Å². The van der Waals surface area contributed by atoms with Crippen LogP contribution in [0.1, 0.15) is 11.1 Å². The lowest BCUT2D eigenvalue weighted by Gasteiger charge is -2.10. The zero-order valence-corrected chi connectivity index (χ0v) is 13.9. The van der Waals surface area contributed by atoms with Crippen molar-refractivity contribution in [1.82, 2.24) is 10.9 Å². The standard InChI is InChI=1S/C18H15F2N3O4/c19-18(20)27-14-7-5-12(6-8-14)9-16(24)22-23-17(25)11-26-15-4-2-1-3-13(15)10-21/h1-8,18H,9,11H2,(H,22,24)(H,23,25). The first-order valence-electron chi connectivity index (χ1n) is 7.71. The van der Waals surface area contributed by atoms with Crippen LogP contribution >= 0.6 is 0 Å². The van der Waals surface area contributed by atoms with Gasteiger partial charge in [0.25, 0.3) is 5.91 Å². The minimum Gasteiger partial charge on any atom is -0.482 e. The van der Waals surface area contributed by atoms with Crippen molar-refractivity contribution >= 4 is 11.8 Å². The van der Waals surface area contributed by atoms with Gasteiger partial charge in [-0.25, -0.2) is 0 Å². The number of alkyl halides is 2. The number of benzene rings is 2. The molecule has 2 rings (SSSR count). The van der Waals surface area contributed by atoms with Gasteiger partial charge in [0.1, 0.15) is 17.6 Å². The van der Waals surface area contributed by atoms with E-state index in [0.29, 0.717) is 5.56 Å². The number of hydrogen-bond acceptors (Lipinski definition) is 5. The molecule has 0 aliphatic rings. The fourth-order valence-electron chi connectivity index (χ4n) is 2.02. The maximum atomic E-state index is 12.1. The molecule has 0 radical (unpaired) electrons. The third-order valence-corrected chi connectivity index (χ3v) is 3.22. The van der Waals surface area contributed by atoms with E-state index in [1.165, 1.54) is 24.3 Å². The van der Waals surface area contributed by atoms with Crippen LogP contribution in [-0.2, 0) is 16.0 Å². The Balaban J connectivity index is 1.75. The van der Waals surface area contributed by atoms with Crippen LogP contribution in [0.2, 0.25) is 0 Å². The molecule has 0 bridgehead atoms. The van der Waals surface area contributed by atoms with E-state index in [9.17, 15) is 18.4 Å². The molecule has 0 saturated carbocycles. The number of hydrogen-bond donors (Lipinski definition) is 2. The molecule has 2 aromatic carbocycles. The monoisotopic (exact) mass is 375 g/mol. The van der Waals surface area contributed by atoms with Gasteiger partial charge in [-0.2, -0.15) is 14.0 Å². The van der Waals surface area contributed by atoms with Crippen molar-refractivity contribution in [2.24, 2.45) is 0 Å². The first-order valence-corrected chi connectivity index (χ1v) is 7.71. The topological polar surface area (TPSA) is 100 Å². The summed E-state index contributed by atoms with van der Waals surface area (Å²) in [7, 11) is 0. The van der Waals surface area contributed by atoms with Crippen LogP contribution in [0.5, 0.6) is 11.5 Å². The average molecular weight is 375 g/mol. The third-order valence-electron chi connectivity index (χ3n) is 3.22. The second-order valence-corrected chi connectivity index (χ2v) is 5.19. The average Bonchev–Trinajstić information content (AvgIpc) is 2.66. The van der Waals surface area contributed by atoms with Gasteiger partial charge in [-0.1, -0.05) is 24.3 Å². The summed E-state index contributed by atoms with van der Waals surface area (Å²) in [4.78, 5) is 23.5. The van der Waals surface area contributed by atoms with Crippen molar-refractivity contribution in [2.75, 3.05) is 6.61 Å². The van der Waals surface area contributed by atoms with Crippen LogP contribution in [0.25, 0.3) is 0 Å². The Bertz CT molecular complexity index is 835. The number of nitrogens with one attached hydrogen (secondary N) is 2. The fraction of sp³-hybridized carbons (Fsp3) is 0.167. The molecule has 140 valence electrons. The van der Waals surface area contributed by atoms with Crippen molar-refractivity contribution in [2.45, 2.75) is 13.0 Å². The molecule has 0 fully saturated rings. The Morgan fingerprint density at radius 1 is 1.04 bits per heavy atom. The molecule has 0 saturated heterocycles. The van der Waals surface area contributed by atoms with Gasteiger partial charge in [-0.15, -0.1) is 0 Å². The summed E-state index contributed by atoms with van der Waals surface area (Å²) >= 11 is 0. The molecule has 9 heteroatoms. The van der Waals surface area contributed by atoms with Gasteiger partial charge in [0.05, 0.1) is 12.0 Å². The molecule has 2 amide bonds. The van der Waals surface area contributed by atoms with Gasteiger partial charge in [-0.3, -0.25) is 20.4 Å². The van der Waals surface area contributed by atoms with Crippen LogP contribution < -0.4 is 20.3 Å². The maximum absolute atomic E-state index is 12.1. The highest BCUT2D eigenvalue weighted by atomic mass is 19.3. The van der Waals surface area contributed by atoms with Crippen molar-refractivity contribution in [3.8, 4) is 17.6 Å². The number of carbonyl (C=O) groups is 2. The first kappa shape index (κ1) is 19.7. The Morgan fingerprint density at radius 3 is 2.37 bits per heavy atom. The van der Waals surface area contributed by atoms with Crippen molar-refractivity contribution in [1.29, 1.82) is 5.26 Å². The van der Waals surface area contributed by atoms with Crippen LogP contribution in [0.15, 0.2) is 48.5 Å². The van der Waals surface area contributed by atoms with Crippen molar-refractivity contribution in [3.05, 3.63) is 59.7 Å². The molecule has 0 spiro atoms. The zero-order chi connectivity index (χ0) is 19.6. The highest BCUT2D eigenvalue weighted by Gasteiger charge is 2.09. The second-order valence-electron chi connectivity index (χ2n) is 5.19. The van der Waals surface area contributed by atoms with Crippen LogP contribution in [0, 0.1) is 11.3 Å². The largest absolute Gasteiger partial charge is 0.482 e. The molecule has 0 aromatic heterocycles. The number of nitrogens with zero attached hydrogens (tertiary/aromatic N) is 1. The van der Waals surface area contributed by atoms with Gasteiger partial charge in [-0.05, 0) is 29.8 Å². The van der Waals surface area contributed by atoms with Gasteiger partial charge < -0.3 is 9.47 Å². The molecule has 7 nitrogen and oxygen atoms in total. The van der Waals surface area contributed by atoms with E-state index in [0.717, 1.165) is 0 Å². The summed E-state index contributed by atoms with van der Waals surface area (Å²) in [5, 5.41) is 8.93. The van der Waals surface area contributed by atoms with E-state index in [2.05, 4.69) is 15.6 Å². The Hall–Kier alpha value is -3.67. The predicted octanol–water partition coefficient (Wildman–Crippen LogP) is 1.93. The number of halogens is 2. The Labute approximate surface area is 153 Å². The molecule has 0 unspecified atom stereocenters. The van der Waals surface area contributed by atoms with Crippen molar-refractivity contribution < 1.29 is 27.8 Å². The number of nitriles is 1. The Kier molecular flexibility index (Phi) is 7.07. The van der Waals surface area contributed by atoms with Crippen molar-refractivity contribution in [3.63, 3.8) is 0 Å². The van der Waals surface area contributed by atoms with Crippen LogP contribution in [0.3, 0.4) is 0 Å². The molecule has 2 aromatic rings. The molecule has 2 N–H and O–H groups in total. The van der Waals surface area contributed by atoms with E-state index >= 15 is 0 Å². The fourth-order valence-corrected chi connectivity index (χ4v) is 2.02. The lowest BCUT2D eigenvalue weighted by molar-refractivity contribution is -0.129. The minimum atomic E-state index is -2.92. The van der Waals surface area contributed by atoms with E-state index < -0.39 is 25.0 Å². The number of ether oxygens (including phenoxy) is 2. The van der Waals surface area contributed by atoms with Crippen LogP contribution in [-0.4, -0.2) is 25.0 Å². The molecule has 27 heavy (non-hydrogen) atoms. The van der Waals surface area contributed by atoms with E-state index in [4.69, 9.17) is 10.00 Å². The molecular formula is C18H15F2N3O4. The molecule has 0 aliphatic carbocycles. The van der Waals surface area contributed by atoms with Gasteiger partial charge in [0, 0.05) is 0 Å². The minimum absolute atomic E-state index is 0.0164. The Morgan fingerprint density at radius 2 is 1.70 bits per heavy atom. The quantitative estimate of drug-likeness (QED) is 0.721. The lowest BCUT2D eigenvalue weighted by Crippen LogP contribution is -2.44. The number of amides is 2. The third kappa shape index (κ3) is 6.62. The van der Waals surface area contributed by atoms with E-state index in [-0.39, 0.29) is 23.5 Å². The van der Waals surface area contributed by atoms with E-state index in [1.54, 1.807) is 24.3 Å². The predicted molar refractivity (Wildman–Crippen MR) is 89.7 cm³/mol. The summed E-state index contributed by atoms with van der Waals surface area (Å²) in [6, 6.07) is 13.9. The van der Waals surface area contributed by atoms with E-state index in [1.807, 2.05) is 6.07 Å². The highest BCUT2D eigenvalue weighted by Crippen LogP contribution is 2.16. The smallest absolute Gasteiger partial charge is 0.387 e. The first-order chi connectivity index (χ1) is 13.0. The molecule has 0 aliphatic heterocycles. The zero-order valence-electron chi connectivity index (χ0n) is 13.9. The number of hydrazine groups is 1. The maximum Gasteiger partial charge on any atom is 0.387 e. The summed E-state index contributed by atoms with van der Waals surface area (Å²) in [6.45, 7) is -3.31. The second kappa shape index (κ2) is 9.72. The normalized spacial score (nSPS) is 10.0. The van der Waals surface area contributed by atoms with Gasteiger partial charge in [0.2, 0.25) is 5.91 Å². The summed E-state index contributed by atoms with van der Waals surface area (Å²) in [6.07, 6.45) is -0.0760. The summed E-state index contributed by atoms with van der Waals surface area (Å²) < 4.78 is 33.6. The SMILES string of the molecule is N#Cc1ccccc1OCC(=O)NNC(=O)Cc1ccc(OC(F)F)cc1. The number of para-hydroxylation sites is 1. The number of rotatable bonds is 7. The number of carbonyl (C=O) groups excluding carboxylic acids is 2. The van der Waals surface area contributed by atoms with Crippen LogP contribution in [0.4, 0.5) is 8.78 Å². The summed E-state index contributed by atoms with van der Waals surface area (Å²) in [5.74, 6) is -0.884. The lowest BCUT2D eigenvalue weighted by atomic mass is 10.1. The van der Waals surface area contributed by atoms with Gasteiger partial charge >= 0.3 is 6.61 Å². The molecule has 0 atom stereocenters. The molecule has 0 heterocycles. The summed E-state index contributed by atoms with van der Waals surface area (Å²) in [5.41, 5.74) is 5.22. The highest BCUT2D eigenvalue weighted by molar-refractivity contribution is 5.83.